The molecule has 10 heteroatoms. The van der Waals surface area contributed by atoms with Crippen LogP contribution in [0.15, 0.2) is 27.2 Å². The molecular weight excluding hydrogens is 329 g/mol. The van der Waals surface area contributed by atoms with Crippen molar-refractivity contribution >= 4 is 38.6 Å². The summed E-state index contributed by atoms with van der Waals surface area (Å²) in [6.07, 6.45) is 0. The van der Waals surface area contributed by atoms with Crippen LogP contribution in [0.5, 0.6) is 0 Å². The average molecular weight is 338 g/mol. The van der Waals surface area contributed by atoms with Crippen molar-refractivity contribution in [1.29, 1.82) is 0 Å². The topological polar surface area (TPSA) is 105 Å². The number of hydrogen-bond donors (Lipinski definition) is 3. The molecule has 1 aromatic heterocycles. The Morgan fingerprint density at radius 3 is 2.75 bits per heavy atom. The van der Waals surface area contributed by atoms with E-state index in [9.17, 15) is 17.6 Å². The van der Waals surface area contributed by atoms with E-state index in [1.54, 1.807) is 0 Å². The Labute approximate surface area is 122 Å². The highest BCUT2D eigenvalue weighted by Gasteiger charge is 2.20. The van der Waals surface area contributed by atoms with Crippen molar-refractivity contribution in [3.63, 3.8) is 0 Å². The summed E-state index contributed by atoms with van der Waals surface area (Å²) in [7, 11) is -3.97. The minimum atomic E-state index is -3.97. The molecule has 4 N–H and O–H groups in total. The van der Waals surface area contributed by atoms with Crippen LogP contribution in [0.3, 0.4) is 0 Å². The lowest BCUT2D eigenvalue weighted by Gasteiger charge is -2.09. The van der Waals surface area contributed by atoms with Crippen LogP contribution >= 0.6 is 22.9 Å². The predicted octanol–water partition coefficient (Wildman–Crippen LogP) is 1.29. The number of hydrogen-bond acceptors (Lipinski definition) is 5. The predicted molar refractivity (Wildman–Crippen MR) is 74.8 cm³/mol. The zero-order valence-electron chi connectivity index (χ0n) is 9.81. The third-order valence-corrected chi connectivity index (χ3v) is 4.95. The second-order valence-corrected chi connectivity index (χ2v) is 6.79. The molecule has 0 saturated heterocycles. The van der Waals surface area contributed by atoms with E-state index in [2.05, 4.69) is 9.71 Å². The molecule has 0 fully saturated rings. The van der Waals surface area contributed by atoms with Gasteiger partial charge in [0.2, 0.25) is 10.0 Å². The second-order valence-electron chi connectivity index (χ2n) is 3.80. The summed E-state index contributed by atoms with van der Waals surface area (Å²) in [5.74, 6) is -0.795. The molecule has 108 valence electrons. The number of nitrogens with two attached hydrogens (primary N) is 1. The molecule has 0 amide bonds. The molecule has 1 heterocycles. The van der Waals surface area contributed by atoms with Crippen LogP contribution in [0, 0.1) is 5.82 Å². The highest BCUT2D eigenvalue weighted by atomic mass is 35.5. The molecule has 6 nitrogen and oxygen atoms in total. The summed E-state index contributed by atoms with van der Waals surface area (Å²) in [6, 6.07) is 1.77. The Morgan fingerprint density at radius 2 is 2.15 bits per heavy atom. The van der Waals surface area contributed by atoms with Gasteiger partial charge < -0.3 is 10.7 Å². The summed E-state index contributed by atoms with van der Waals surface area (Å²) < 4.78 is 39.4. The normalized spacial score (nSPS) is 11.7. The van der Waals surface area contributed by atoms with Gasteiger partial charge in [0.15, 0.2) is 0 Å². The lowest BCUT2D eigenvalue weighted by molar-refractivity contribution is 0.580. The number of thiazole rings is 1. The number of rotatable bonds is 4. The van der Waals surface area contributed by atoms with E-state index in [0.29, 0.717) is 5.69 Å². The highest BCUT2D eigenvalue weighted by Crippen LogP contribution is 2.26. The van der Waals surface area contributed by atoms with Gasteiger partial charge in [0.05, 0.1) is 17.3 Å². The summed E-state index contributed by atoms with van der Waals surface area (Å²) in [5.41, 5.74) is 5.42. The quantitative estimate of drug-likeness (QED) is 0.731. The van der Waals surface area contributed by atoms with Crippen LogP contribution in [0.25, 0.3) is 0 Å². The van der Waals surface area contributed by atoms with Gasteiger partial charge in [-0.2, -0.15) is 0 Å². The maximum atomic E-state index is 13.1. The summed E-state index contributed by atoms with van der Waals surface area (Å²) >= 11 is 6.62. The van der Waals surface area contributed by atoms with E-state index < -0.39 is 15.8 Å². The number of aromatic amines is 1. The Balaban J connectivity index is 2.26. The first kappa shape index (κ1) is 15.0. The van der Waals surface area contributed by atoms with Crippen molar-refractivity contribution in [3.8, 4) is 0 Å². The summed E-state index contributed by atoms with van der Waals surface area (Å²) in [4.78, 5) is 12.8. The molecule has 0 radical (unpaired) electrons. The molecule has 0 saturated carbocycles. The van der Waals surface area contributed by atoms with Gasteiger partial charge in [0.25, 0.3) is 0 Å². The molecule has 2 rings (SSSR count). The van der Waals surface area contributed by atoms with Gasteiger partial charge in [-0.25, -0.2) is 17.5 Å². The number of nitrogens with one attached hydrogen (secondary N) is 2. The van der Waals surface area contributed by atoms with Crippen LogP contribution in [-0.4, -0.2) is 13.4 Å². The first-order valence-corrected chi connectivity index (χ1v) is 7.94. The van der Waals surface area contributed by atoms with Gasteiger partial charge in [-0.05, 0) is 12.1 Å². The lowest BCUT2D eigenvalue weighted by atomic mass is 10.3. The number of benzene rings is 1. The maximum Gasteiger partial charge on any atom is 0.304 e. The number of aromatic nitrogens is 1. The SMILES string of the molecule is Nc1cc(S(=O)(=O)NCc2csc(=O)[nH]2)c(Cl)cc1F. The fourth-order valence-corrected chi connectivity index (χ4v) is 3.54. The fraction of sp³-hybridized carbons (Fsp3) is 0.100. The van der Waals surface area contributed by atoms with Crippen molar-refractivity contribution in [2.45, 2.75) is 11.4 Å². The molecule has 20 heavy (non-hydrogen) atoms. The van der Waals surface area contributed by atoms with Crippen molar-refractivity contribution in [2.24, 2.45) is 0 Å². The fourth-order valence-electron chi connectivity index (χ4n) is 1.40. The van der Waals surface area contributed by atoms with Gasteiger partial charge in [0.1, 0.15) is 10.7 Å². The number of nitrogen functional groups attached to an aromatic ring is 1. The third-order valence-electron chi connectivity index (χ3n) is 2.36. The Kier molecular flexibility index (Phi) is 4.14. The molecule has 1 aromatic carbocycles. The van der Waals surface area contributed by atoms with E-state index in [1.807, 2.05) is 0 Å². The van der Waals surface area contributed by atoms with Crippen LogP contribution < -0.4 is 15.3 Å². The number of halogens is 2. The number of sulfonamides is 1. The third kappa shape index (κ3) is 3.18. The van der Waals surface area contributed by atoms with Crippen LogP contribution in [-0.2, 0) is 16.6 Å². The molecule has 0 atom stereocenters. The zero-order chi connectivity index (χ0) is 14.9. The minimum absolute atomic E-state index is 0.116. The largest absolute Gasteiger partial charge is 0.396 e. The van der Waals surface area contributed by atoms with Gasteiger partial charge in [0, 0.05) is 11.1 Å². The molecule has 0 bridgehead atoms. The Bertz CT molecular complexity index is 800. The molecular formula is C10H9ClFN3O3S2. The monoisotopic (exact) mass is 337 g/mol. The van der Waals surface area contributed by atoms with E-state index in [0.717, 1.165) is 23.5 Å². The second kappa shape index (κ2) is 5.52. The van der Waals surface area contributed by atoms with E-state index in [-0.39, 0.29) is 27.0 Å². The van der Waals surface area contributed by atoms with Gasteiger partial charge in [-0.3, -0.25) is 4.79 Å². The number of anilines is 1. The average Bonchev–Trinajstić information content (AvgIpc) is 2.77. The first-order valence-electron chi connectivity index (χ1n) is 5.20. The minimum Gasteiger partial charge on any atom is -0.396 e. The van der Waals surface area contributed by atoms with Gasteiger partial charge in [-0.1, -0.05) is 22.9 Å². The number of H-pyrrole nitrogens is 1. The van der Waals surface area contributed by atoms with Crippen molar-refractivity contribution in [1.82, 2.24) is 9.71 Å². The van der Waals surface area contributed by atoms with Crippen molar-refractivity contribution in [2.75, 3.05) is 5.73 Å². The molecule has 0 aliphatic heterocycles. The van der Waals surface area contributed by atoms with Crippen molar-refractivity contribution < 1.29 is 12.8 Å². The standard InChI is InChI=1S/C10H9ClFN3O3S2/c11-6-1-7(12)8(13)2-9(6)20(17,18)14-3-5-4-19-10(16)15-5/h1-2,4,14H,3,13H2,(H,15,16). The molecule has 0 spiro atoms. The van der Waals surface area contributed by atoms with Crippen LogP contribution in [0.1, 0.15) is 5.69 Å². The summed E-state index contributed by atoms with van der Waals surface area (Å²) in [6.45, 7) is -0.116. The molecule has 0 aliphatic rings. The highest BCUT2D eigenvalue weighted by molar-refractivity contribution is 7.89. The molecule has 0 aliphatic carbocycles. The van der Waals surface area contributed by atoms with Crippen molar-refractivity contribution in [3.05, 3.63) is 43.7 Å². The van der Waals surface area contributed by atoms with Gasteiger partial charge in [-0.15, -0.1) is 0 Å². The first-order chi connectivity index (χ1) is 9.29. The Hall–Kier alpha value is -1.42. The van der Waals surface area contributed by atoms with E-state index in [4.69, 9.17) is 17.3 Å². The van der Waals surface area contributed by atoms with Crippen LogP contribution in [0.2, 0.25) is 5.02 Å². The zero-order valence-corrected chi connectivity index (χ0v) is 12.2. The molecule has 2 aromatic rings. The molecule has 0 unspecified atom stereocenters. The summed E-state index contributed by atoms with van der Waals surface area (Å²) in [5, 5.41) is 1.22. The van der Waals surface area contributed by atoms with Crippen LogP contribution in [0.4, 0.5) is 10.1 Å². The lowest BCUT2D eigenvalue weighted by Crippen LogP contribution is -2.24. The van der Waals surface area contributed by atoms with Gasteiger partial charge >= 0.3 is 4.87 Å². The maximum absolute atomic E-state index is 13.1. The smallest absolute Gasteiger partial charge is 0.304 e. The van der Waals surface area contributed by atoms with E-state index >= 15 is 0 Å². The Morgan fingerprint density at radius 1 is 1.45 bits per heavy atom. The van der Waals surface area contributed by atoms with E-state index in [1.165, 1.54) is 5.38 Å².